The van der Waals surface area contributed by atoms with Gasteiger partial charge in [0.05, 0.1) is 17.8 Å². The molecule has 2 aromatic rings. The quantitative estimate of drug-likeness (QED) is 0.546. The van der Waals surface area contributed by atoms with E-state index >= 15 is 0 Å². The molecule has 26 heavy (non-hydrogen) atoms. The van der Waals surface area contributed by atoms with Crippen LogP contribution in [0.25, 0.3) is 0 Å². The summed E-state index contributed by atoms with van der Waals surface area (Å²) in [6.07, 6.45) is 3.00. The second-order valence-corrected chi connectivity index (χ2v) is 5.48. The van der Waals surface area contributed by atoms with Crippen molar-refractivity contribution in [1.29, 1.82) is 0 Å². The number of amides is 3. The molecular formula is C18H19N5O3. The maximum atomic E-state index is 12.1. The lowest BCUT2D eigenvalue weighted by Gasteiger charge is -2.11. The Morgan fingerprint density at radius 3 is 2.19 bits per heavy atom. The number of anilines is 2. The van der Waals surface area contributed by atoms with Crippen LogP contribution in [0, 0.1) is 0 Å². The lowest BCUT2D eigenvalue weighted by molar-refractivity contribution is -0.115. The number of hydrogen-bond acceptors (Lipinski definition) is 5. The fourth-order valence-electron chi connectivity index (χ4n) is 2.07. The number of rotatable bonds is 6. The van der Waals surface area contributed by atoms with Crippen molar-refractivity contribution in [3.63, 3.8) is 0 Å². The summed E-state index contributed by atoms with van der Waals surface area (Å²) in [5.41, 5.74) is 4.24. The molecular weight excluding hydrogens is 334 g/mol. The highest BCUT2D eigenvalue weighted by Crippen LogP contribution is 2.21. The number of para-hydroxylation sites is 2. The van der Waals surface area contributed by atoms with Gasteiger partial charge in [0, 0.05) is 30.6 Å². The van der Waals surface area contributed by atoms with Crippen molar-refractivity contribution in [3.05, 3.63) is 54.4 Å². The van der Waals surface area contributed by atoms with Crippen molar-refractivity contribution >= 4 is 34.8 Å². The van der Waals surface area contributed by atoms with E-state index in [1.54, 1.807) is 43.3 Å². The zero-order valence-electron chi connectivity index (χ0n) is 14.4. The summed E-state index contributed by atoms with van der Waals surface area (Å²) in [7, 11) is 0. The van der Waals surface area contributed by atoms with Crippen LogP contribution in [-0.4, -0.2) is 28.4 Å². The van der Waals surface area contributed by atoms with Gasteiger partial charge in [-0.05, 0) is 31.2 Å². The summed E-state index contributed by atoms with van der Waals surface area (Å²) in [6.45, 7) is 3.02. The molecule has 0 aliphatic carbocycles. The first kappa shape index (κ1) is 18.8. The number of benzene rings is 1. The van der Waals surface area contributed by atoms with Gasteiger partial charge in [-0.1, -0.05) is 12.1 Å². The van der Waals surface area contributed by atoms with Gasteiger partial charge in [-0.2, -0.15) is 5.10 Å². The van der Waals surface area contributed by atoms with E-state index in [-0.39, 0.29) is 24.1 Å². The molecule has 0 saturated carbocycles. The first-order chi connectivity index (χ1) is 12.5. The maximum Gasteiger partial charge on any atom is 0.271 e. The zero-order valence-corrected chi connectivity index (χ0v) is 14.4. The number of aromatic nitrogens is 1. The first-order valence-corrected chi connectivity index (χ1v) is 7.85. The third-order valence-electron chi connectivity index (χ3n) is 3.22. The van der Waals surface area contributed by atoms with Crippen molar-refractivity contribution in [3.8, 4) is 0 Å². The zero-order chi connectivity index (χ0) is 18.9. The summed E-state index contributed by atoms with van der Waals surface area (Å²) >= 11 is 0. The SMILES string of the molecule is CC(=O)Nc1ccccc1NC(=O)C/C(C)=N/NC(=O)c1ccncc1. The van der Waals surface area contributed by atoms with Crippen LogP contribution >= 0.6 is 0 Å². The van der Waals surface area contributed by atoms with Gasteiger partial charge in [-0.3, -0.25) is 19.4 Å². The topological polar surface area (TPSA) is 113 Å². The Morgan fingerprint density at radius 2 is 1.58 bits per heavy atom. The summed E-state index contributed by atoms with van der Waals surface area (Å²) < 4.78 is 0. The summed E-state index contributed by atoms with van der Waals surface area (Å²) in [6, 6.07) is 9.99. The van der Waals surface area contributed by atoms with Crippen LogP contribution in [0.1, 0.15) is 30.6 Å². The molecule has 0 bridgehead atoms. The van der Waals surface area contributed by atoms with Crippen LogP contribution in [0.15, 0.2) is 53.9 Å². The number of nitrogens with zero attached hydrogens (tertiary/aromatic N) is 2. The Kier molecular flexibility index (Phi) is 6.55. The second kappa shape index (κ2) is 9.07. The average molecular weight is 353 g/mol. The number of hydrazone groups is 1. The van der Waals surface area contributed by atoms with E-state index in [0.29, 0.717) is 22.6 Å². The molecule has 134 valence electrons. The van der Waals surface area contributed by atoms with Crippen molar-refractivity contribution in [2.24, 2.45) is 5.10 Å². The number of carbonyl (C=O) groups excluding carboxylic acids is 3. The van der Waals surface area contributed by atoms with Crippen LogP contribution in [0.2, 0.25) is 0 Å². The summed E-state index contributed by atoms with van der Waals surface area (Å²) in [5.74, 6) is -0.936. The summed E-state index contributed by atoms with van der Waals surface area (Å²) in [5, 5.41) is 9.27. The number of pyridine rings is 1. The minimum Gasteiger partial charge on any atom is -0.325 e. The van der Waals surface area contributed by atoms with Gasteiger partial charge in [-0.15, -0.1) is 0 Å². The molecule has 3 N–H and O–H groups in total. The minimum absolute atomic E-state index is 0.00890. The van der Waals surface area contributed by atoms with Crippen molar-refractivity contribution < 1.29 is 14.4 Å². The van der Waals surface area contributed by atoms with Gasteiger partial charge < -0.3 is 10.6 Å². The number of carbonyl (C=O) groups is 3. The lowest BCUT2D eigenvalue weighted by atomic mass is 10.2. The van der Waals surface area contributed by atoms with E-state index in [2.05, 4.69) is 26.1 Å². The Bertz CT molecular complexity index is 834. The standard InChI is InChI=1S/C18H19N5O3/c1-12(22-23-18(26)14-7-9-19-10-8-14)11-17(25)21-16-6-4-3-5-15(16)20-13(2)24/h3-10H,11H2,1-2H3,(H,20,24)(H,21,25)(H,23,26)/b22-12+. The van der Waals surface area contributed by atoms with E-state index in [1.807, 2.05) is 0 Å². The highest BCUT2D eigenvalue weighted by atomic mass is 16.2. The third-order valence-corrected chi connectivity index (χ3v) is 3.22. The van der Waals surface area contributed by atoms with Crippen molar-refractivity contribution in [1.82, 2.24) is 10.4 Å². The minimum atomic E-state index is -0.386. The molecule has 0 aliphatic heterocycles. The highest BCUT2D eigenvalue weighted by Gasteiger charge is 2.09. The van der Waals surface area contributed by atoms with Gasteiger partial charge in [-0.25, -0.2) is 5.43 Å². The van der Waals surface area contributed by atoms with Crippen molar-refractivity contribution in [2.45, 2.75) is 20.3 Å². The Morgan fingerprint density at radius 1 is 0.962 bits per heavy atom. The predicted molar refractivity (Wildman–Crippen MR) is 98.8 cm³/mol. The van der Waals surface area contributed by atoms with Crippen LogP contribution in [0.4, 0.5) is 11.4 Å². The molecule has 1 heterocycles. The third kappa shape index (κ3) is 5.82. The predicted octanol–water partition coefficient (Wildman–Crippen LogP) is 2.17. The van der Waals surface area contributed by atoms with Crippen LogP contribution in [0.5, 0.6) is 0 Å². The van der Waals surface area contributed by atoms with Crippen molar-refractivity contribution in [2.75, 3.05) is 10.6 Å². The number of nitrogens with one attached hydrogen (secondary N) is 3. The molecule has 0 spiro atoms. The van der Waals surface area contributed by atoms with E-state index in [1.165, 1.54) is 19.3 Å². The smallest absolute Gasteiger partial charge is 0.271 e. The van der Waals surface area contributed by atoms with E-state index in [0.717, 1.165) is 0 Å². The molecule has 8 heteroatoms. The molecule has 3 amide bonds. The Balaban J connectivity index is 1.93. The maximum absolute atomic E-state index is 12.1. The largest absolute Gasteiger partial charge is 0.325 e. The molecule has 0 aliphatic rings. The lowest BCUT2D eigenvalue weighted by Crippen LogP contribution is -2.22. The molecule has 0 fully saturated rings. The highest BCUT2D eigenvalue weighted by molar-refractivity contribution is 6.07. The Hall–Kier alpha value is -3.55. The van der Waals surface area contributed by atoms with Gasteiger partial charge in [0.25, 0.3) is 5.91 Å². The van der Waals surface area contributed by atoms with Gasteiger partial charge in [0.2, 0.25) is 11.8 Å². The van der Waals surface area contributed by atoms with Gasteiger partial charge >= 0.3 is 0 Å². The fourth-order valence-corrected chi connectivity index (χ4v) is 2.07. The van der Waals surface area contributed by atoms with Crippen LogP contribution in [-0.2, 0) is 9.59 Å². The van der Waals surface area contributed by atoms with Gasteiger partial charge in [0.15, 0.2) is 0 Å². The molecule has 8 nitrogen and oxygen atoms in total. The normalized spacial score (nSPS) is 10.8. The molecule has 1 aromatic heterocycles. The van der Waals surface area contributed by atoms with E-state index in [9.17, 15) is 14.4 Å². The Labute approximate surface area is 150 Å². The fraction of sp³-hybridized carbons (Fsp3) is 0.167. The first-order valence-electron chi connectivity index (χ1n) is 7.85. The molecule has 0 unspecified atom stereocenters. The van der Waals surface area contributed by atoms with E-state index in [4.69, 9.17) is 0 Å². The average Bonchev–Trinajstić information content (AvgIpc) is 2.61. The molecule has 2 rings (SSSR count). The molecule has 0 radical (unpaired) electrons. The summed E-state index contributed by atoms with van der Waals surface area (Å²) in [4.78, 5) is 39.1. The second-order valence-electron chi connectivity index (χ2n) is 5.48. The van der Waals surface area contributed by atoms with Crippen LogP contribution < -0.4 is 16.1 Å². The number of hydrogen-bond donors (Lipinski definition) is 3. The molecule has 0 saturated heterocycles. The molecule has 1 aromatic carbocycles. The molecule has 0 atom stereocenters. The van der Waals surface area contributed by atoms with Crippen LogP contribution in [0.3, 0.4) is 0 Å². The monoisotopic (exact) mass is 353 g/mol. The van der Waals surface area contributed by atoms with E-state index < -0.39 is 0 Å². The van der Waals surface area contributed by atoms with Gasteiger partial charge in [0.1, 0.15) is 0 Å².